The van der Waals surface area contributed by atoms with E-state index in [1.165, 1.54) is 6.08 Å². The molecular formula is C35H39N3O6. The number of nitrogens with zero attached hydrogens (tertiary/aromatic N) is 1. The Morgan fingerprint density at radius 2 is 1.48 bits per heavy atom. The lowest BCUT2D eigenvalue weighted by atomic mass is 9.91. The lowest BCUT2D eigenvalue weighted by Crippen LogP contribution is -2.15. The number of carbonyl (C=O) groups excluding carboxylic acids is 2. The van der Waals surface area contributed by atoms with Gasteiger partial charge in [-0.15, -0.1) is 0 Å². The van der Waals surface area contributed by atoms with Gasteiger partial charge in [0.25, 0.3) is 11.8 Å². The zero-order valence-electron chi connectivity index (χ0n) is 26.1. The van der Waals surface area contributed by atoms with Gasteiger partial charge in [0.05, 0.1) is 11.4 Å². The third kappa shape index (κ3) is 7.29. The maximum absolute atomic E-state index is 12.3. The lowest BCUT2D eigenvalue weighted by Gasteiger charge is -2.14. The van der Waals surface area contributed by atoms with Crippen LogP contribution in [0.1, 0.15) is 76.4 Å². The molecule has 2 amide bonds. The molecule has 9 heteroatoms. The summed E-state index contributed by atoms with van der Waals surface area (Å²) in [4.78, 5) is 55.1. The van der Waals surface area contributed by atoms with Crippen LogP contribution in [0.4, 0.5) is 0 Å². The van der Waals surface area contributed by atoms with Gasteiger partial charge in [0.1, 0.15) is 0 Å². The fraction of sp³-hybridized carbons (Fsp3) is 0.286. The van der Waals surface area contributed by atoms with Crippen LogP contribution >= 0.6 is 0 Å². The monoisotopic (exact) mass is 597 g/mol. The van der Waals surface area contributed by atoms with E-state index in [1.807, 2.05) is 52.8 Å². The van der Waals surface area contributed by atoms with Crippen LogP contribution in [0.15, 0.2) is 86.7 Å². The van der Waals surface area contributed by atoms with Crippen molar-refractivity contribution in [2.24, 2.45) is 4.99 Å². The summed E-state index contributed by atoms with van der Waals surface area (Å²) in [5, 5.41) is 21.8. The Morgan fingerprint density at radius 3 is 2.05 bits per heavy atom. The number of aliphatic carboxylic acids is 2. The van der Waals surface area contributed by atoms with E-state index in [0.717, 1.165) is 39.0 Å². The van der Waals surface area contributed by atoms with E-state index in [2.05, 4.69) is 28.5 Å². The van der Waals surface area contributed by atoms with Crippen LogP contribution in [-0.2, 0) is 25.6 Å². The quantitative estimate of drug-likeness (QED) is 0.195. The van der Waals surface area contributed by atoms with Gasteiger partial charge < -0.3 is 20.5 Å². The highest BCUT2D eigenvalue weighted by Gasteiger charge is 2.23. The van der Waals surface area contributed by atoms with Gasteiger partial charge in [-0.1, -0.05) is 25.3 Å². The van der Waals surface area contributed by atoms with E-state index >= 15 is 0 Å². The van der Waals surface area contributed by atoms with Crippen molar-refractivity contribution in [3.63, 3.8) is 0 Å². The fourth-order valence-electron chi connectivity index (χ4n) is 5.33. The summed E-state index contributed by atoms with van der Waals surface area (Å²) in [7, 11) is 0. The number of amides is 2. The summed E-state index contributed by atoms with van der Waals surface area (Å²) >= 11 is 0. The van der Waals surface area contributed by atoms with Crippen molar-refractivity contribution in [1.29, 1.82) is 0 Å². The van der Waals surface area contributed by atoms with Crippen molar-refractivity contribution in [2.75, 3.05) is 0 Å². The minimum atomic E-state index is -0.934. The topological polar surface area (TPSA) is 149 Å². The summed E-state index contributed by atoms with van der Waals surface area (Å²) in [5.41, 5.74) is 9.90. The van der Waals surface area contributed by atoms with E-state index < -0.39 is 11.9 Å². The molecule has 0 aromatic carbocycles. The lowest BCUT2D eigenvalue weighted by molar-refractivity contribution is -0.138. The van der Waals surface area contributed by atoms with Gasteiger partial charge in [-0.25, -0.2) is 4.99 Å². The van der Waals surface area contributed by atoms with Crippen LogP contribution in [-0.4, -0.2) is 44.7 Å². The highest BCUT2D eigenvalue weighted by Crippen LogP contribution is 2.31. The van der Waals surface area contributed by atoms with E-state index in [9.17, 15) is 29.4 Å². The Balaban J connectivity index is 2.15. The second-order valence-electron chi connectivity index (χ2n) is 10.9. The van der Waals surface area contributed by atoms with Crippen LogP contribution in [0.3, 0.4) is 0 Å². The maximum atomic E-state index is 12.3. The number of carbonyl (C=O) groups is 4. The summed E-state index contributed by atoms with van der Waals surface area (Å²) in [5.74, 6) is -2.41. The smallest absolute Gasteiger partial charge is 0.303 e. The standard InChI is InChI=1S/C35H39N3O6/c1-9-24-23(8)34(43)38-31(24)17-29-22(7)27(12-14-33(41)42)30(36-29)16-19(4)26(11-13-32(39)40)20(5)18(3)15-28-21(6)25(10-2)35(44)37-28/h9-10,15-17,36H,1-2,11-14H2,3-8H3,(H,38,43)(H,39,40)(H,41,42)/b18-15-,19-16+,26-20-,31-17-. The van der Waals surface area contributed by atoms with E-state index in [4.69, 9.17) is 0 Å². The van der Waals surface area contributed by atoms with Gasteiger partial charge in [0.15, 0.2) is 0 Å². The molecule has 0 radical (unpaired) electrons. The number of aromatic nitrogens is 1. The molecule has 0 saturated carbocycles. The number of allylic oxidation sites excluding steroid dienone is 7. The predicted molar refractivity (Wildman–Crippen MR) is 173 cm³/mol. The minimum Gasteiger partial charge on any atom is -0.481 e. The molecular weight excluding hydrogens is 558 g/mol. The van der Waals surface area contributed by atoms with Crippen LogP contribution in [0, 0.1) is 6.92 Å². The summed E-state index contributed by atoms with van der Waals surface area (Å²) in [6.07, 6.45) is 9.00. The third-order valence-electron chi connectivity index (χ3n) is 8.08. The number of rotatable bonds is 13. The van der Waals surface area contributed by atoms with Gasteiger partial charge in [0, 0.05) is 40.9 Å². The molecule has 0 saturated heterocycles. The molecule has 44 heavy (non-hydrogen) atoms. The third-order valence-corrected chi connectivity index (χ3v) is 8.08. The molecule has 3 rings (SSSR count). The first-order valence-electron chi connectivity index (χ1n) is 14.3. The first kappa shape index (κ1) is 33.5. The molecule has 2 aliphatic heterocycles. The van der Waals surface area contributed by atoms with Gasteiger partial charge in [-0.05, 0) is 112 Å². The van der Waals surface area contributed by atoms with Gasteiger partial charge >= 0.3 is 11.9 Å². The predicted octanol–water partition coefficient (Wildman–Crippen LogP) is 6.33. The molecule has 0 bridgehead atoms. The maximum Gasteiger partial charge on any atom is 0.303 e. The van der Waals surface area contributed by atoms with Gasteiger partial charge in [0.2, 0.25) is 0 Å². The number of carboxylic acid groups (broad SMARTS) is 2. The van der Waals surface area contributed by atoms with Gasteiger partial charge in [-0.2, -0.15) is 0 Å². The molecule has 1 aromatic rings. The number of nitrogens with one attached hydrogen (secondary N) is 2. The average Bonchev–Trinajstić information content (AvgIpc) is 3.50. The number of H-pyrrole nitrogens is 1. The number of hydrogen-bond donors (Lipinski definition) is 4. The largest absolute Gasteiger partial charge is 0.481 e. The molecule has 0 unspecified atom stereocenters. The van der Waals surface area contributed by atoms with Crippen molar-refractivity contribution >= 4 is 41.6 Å². The van der Waals surface area contributed by atoms with Crippen LogP contribution in [0.5, 0.6) is 0 Å². The summed E-state index contributed by atoms with van der Waals surface area (Å²) in [6, 6.07) is 0. The molecule has 2 aliphatic rings. The minimum absolute atomic E-state index is 0.0781. The Labute approximate surface area is 257 Å². The van der Waals surface area contributed by atoms with Crippen LogP contribution < -0.4 is 5.32 Å². The molecule has 0 spiro atoms. The van der Waals surface area contributed by atoms with E-state index in [1.54, 1.807) is 13.0 Å². The molecule has 1 aromatic heterocycles. The zero-order valence-corrected chi connectivity index (χ0v) is 26.1. The average molecular weight is 598 g/mol. The second kappa shape index (κ2) is 13.9. The molecule has 230 valence electrons. The molecule has 9 nitrogen and oxygen atoms in total. The van der Waals surface area contributed by atoms with Crippen LogP contribution in [0.2, 0.25) is 0 Å². The first-order valence-corrected chi connectivity index (χ1v) is 14.3. The molecule has 4 N–H and O–H groups in total. The zero-order chi connectivity index (χ0) is 32.9. The summed E-state index contributed by atoms with van der Waals surface area (Å²) in [6.45, 7) is 18.6. The highest BCUT2D eigenvalue weighted by molar-refractivity contribution is 6.24. The summed E-state index contributed by atoms with van der Waals surface area (Å²) < 4.78 is 0. The molecule has 0 fully saturated rings. The number of aromatic amines is 1. The van der Waals surface area contributed by atoms with Crippen LogP contribution in [0.25, 0.3) is 12.2 Å². The Hall–Kier alpha value is -5.05. The molecule has 0 aliphatic carbocycles. The molecule has 3 heterocycles. The number of hydrogen-bond acceptors (Lipinski definition) is 4. The van der Waals surface area contributed by atoms with Crippen molar-refractivity contribution in [3.05, 3.63) is 104 Å². The Morgan fingerprint density at radius 1 is 0.841 bits per heavy atom. The van der Waals surface area contributed by atoms with Gasteiger partial charge in [-0.3, -0.25) is 19.2 Å². The molecule has 0 atom stereocenters. The second-order valence-corrected chi connectivity index (χ2v) is 10.9. The van der Waals surface area contributed by atoms with E-state index in [0.29, 0.717) is 39.5 Å². The first-order chi connectivity index (χ1) is 20.7. The van der Waals surface area contributed by atoms with Crippen molar-refractivity contribution in [1.82, 2.24) is 10.3 Å². The number of aliphatic imine (C=N–C) groups is 1. The fourth-order valence-corrected chi connectivity index (χ4v) is 5.33. The number of carboxylic acids is 2. The highest BCUT2D eigenvalue weighted by atomic mass is 16.4. The normalized spacial score (nSPS) is 17.3. The van der Waals surface area contributed by atoms with E-state index in [-0.39, 0.29) is 37.5 Å². The SMILES string of the molecule is C=CC1=C(C)C(\C=C(C)/C(C)=C(CCC(=O)O)\C(C)=C\c2[nH]c(/C=C3\NC(=O)C(C)=C3C=C)c(C)c2CCC(=O)O)=NC1=O. The van der Waals surface area contributed by atoms with Crippen molar-refractivity contribution in [2.45, 2.75) is 67.2 Å². The van der Waals surface area contributed by atoms with Crippen molar-refractivity contribution in [3.8, 4) is 0 Å². The van der Waals surface area contributed by atoms with Crippen molar-refractivity contribution < 1.29 is 29.4 Å². The Bertz CT molecular complexity index is 1700. The Kier molecular flexibility index (Phi) is 10.6.